The number of hydrogen-bond acceptors (Lipinski definition) is 4. The van der Waals surface area contributed by atoms with Crippen LogP contribution in [0.2, 0.25) is 0 Å². The van der Waals surface area contributed by atoms with Crippen LogP contribution in [0.15, 0.2) is 48.5 Å². The third kappa shape index (κ3) is 4.63. The SMILES string of the molecule is NNC(=O)c1ccc(F)c(CN2CCN(Cc3ccccc3)CC2)c1. The van der Waals surface area contributed by atoms with Crippen molar-refractivity contribution in [1.82, 2.24) is 15.2 Å². The molecule has 1 fully saturated rings. The highest BCUT2D eigenvalue weighted by Crippen LogP contribution is 2.15. The average molecular weight is 342 g/mol. The molecule has 0 atom stereocenters. The highest BCUT2D eigenvalue weighted by Gasteiger charge is 2.19. The molecule has 1 amide bonds. The van der Waals surface area contributed by atoms with Gasteiger partial charge in [0.25, 0.3) is 5.91 Å². The zero-order valence-electron chi connectivity index (χ0n) is 14.1. The zero-order chi connectivity index (χ0) is 17.6. The zero-order valence-corrected chi connectivity index (χ0v) is 14.1. The number of halogens is 1. The highest BCUT2D eigenvalue weighted by atomic mass is 19.1. The Kier molecular flexibility index (Phi) is 5.75. The van der Waals surface area contributed by atoms with E-state index in [4.69, 9.17) is 5.84 Å². The fourth-order valence-electron chi connectivity index (χ4n) is 3.11. The van der Waals surface area contributed by atoms with Crippen molar-refractivity contribution in [2.24, 2.45) is 5.84 Å². The molecule has 25 heavy (non-hydrogen) atoms. The van der Waals surface area contributed by atoms with Crippen molar-refractivity contribution in [2.45, 2.75) is 13.1 Å². The first-order chi connectivity index (χ1) is 12.2. The molecule has 3 rings (SSSR count). The number of hydrogen-bond donors (Lipinski definition) is 2. The average Bonchev–Trinajstić information content (AvgIpc) is 2.65. The summed E-state index contributed by atoms with van der Waals surface area (Å²) in [6.45, 7) is 5.07. The molecule has 0 saturated carbocycles. The van der Waals surface area contributed by atoms with E-state index >= 15 is 0 Å². The first kappa shape index (κ1) is 17.5. The molecule has 1 aliphatic rings. The van der Waals surface area contributed by atoms with E-state index < -0.39 is 5.91 Å². The molecule has 1 aliphatic heterocycles. The van der Waals surface area contributed by atoms with Crippen LogP contribution in [-0.2, 0) is 13.1 Å². The fourth-order valence-corrected chi connectivity index (χ4v) is 3.11. The quantitative estimate of drug-likeness (QED) is 0.494. The van der Waals surface area contributed by atoms with Crippen LogP contribution < -0.4 is 11.3 Å². The molecular weight excluding hydrogens is 319 g/mol. The third-order valence-electron chi connectivity index (χ3n) is 4.55. The minimum absolute atomic E-state index is 0.291. The van der Waals surface area contributed by atoms with Crippen LogP contribution in [0, 0.1) is 5.82 Å². The number of carbonyl (C=O) groups excluding carboxylic acids is 1. The summed E-state index contributed by atoms with van der Waals surface area (Å²) in [5.41, 5.74) is 4.29. The first-order valence-electron chi connectivity index (χ1n) is 8.43. The van der Waals surface area contributed by atoms with Gasteiger partial charge in [0.1, 0.15) is 5.82 Å². The molecule has 0 unspecified atom stereocenters. The van der Waals surface area contributed by atoms with E-state index in [-0.39, 0.29) is 5.82 Å². The summed E-state index contributed by atoms with van der Waals surface area (Å²) < 4.78 is 14.1. The second kappa shape index (κ2) is 8.20. The summed E-state index contributed by atoms with van der Waals surface area (Å²) in [5, 5.41) is 0. The maximum Gasteiger partial charge on any atom is 0.265 e. The molecule has 0 aliphatic carbocycles. The Hall–Kier alpha value is -2.28. The number of nitrogens with zero attached hydrogens (tertiary/aromatic N) is 2. The molecule has 6 heteroatoms. The Labute approximate surface area is 147 Å². The monoisotopic (exact) mass is 342 g/mol. The summed E-state index contributed by atoms with van der Waals surface area (Å²) in [6, 6.07) is 14.7. The number of carbonyl (C=O) groups is 1. The largest absolute Gasteiger partial charge is 0.297 e. The summed E-state index contributed by atoms with van der Waals surface area (Å²) in [4.78, 5) is 16.2. The van der Waals surface area contributed by atoms with Gasteiger partial charge in [-0.05, 0) is 23.8 Å². The van der Waals surface area contributed by atoms with Gasteiger partial charge in [-0.1, -0.05) is 30.3 Å². The number of nitrogens with one attached hydrogen (secondary N) is 1. The van der Waals surface area contributed by atoms with Gasteiger partial charge in [0.15, 0.2) is 0 Å². The van der Waals surface area contributed by atoms with Gasteiger partial charge in [0.05, 0.1) is 0 Å². The van der Waals surface area contributed by atoms with E-state index in [1.165, 1.54) is 17.7 Å². The number of hydrazine groups is 1. The Morgan fingerprint density at radius 2 is 1.64 bits per heavy atom. The van der Waals surface area contributed by atoms with Crippen LogP contribution in [-0.4, -0.2) is 41.9 Å². The summed E-state index contributed by atoms with van der Waals surface area (Å²) in [5.74, 6) is 4.45. The number of nitrogens with two attached hydrogens (primary N) is 1. The van der Waals surface area contributed by atoms with Crippen molar-refractivity contribution >= 4 is 5.91 Å². The molecule has 3 N–H and O–H groups in total. The molecule has 0 bridgehead atoms. The van der Waals surface area contributed by atoms with Crippen molar-refractivity contribution in [1.29, 1.82) is 0 Å². The molecule has 0 spiro atoms. The summed E-state index contributed by atoms with van der Waals surface area (Å²) >= 11 is 0. The first-order valence-corrected chi connectivity index (χ1v) is 8.43. The lowest BCUT2D eigenvalue weighted by Gasteiger charge is -2.34. The minimum atomic E-state index is -0.408. The number of nitrogen functional groups attached to an aromatic ring is 1. The van der Waals surface area contributed by atoms with E-state index in [1.807, 2.05) is 6.07 Å². The molecule has 132 valence electrons. The molecule has 0 radical (unpaired) electrons. The lowest BCUT2D eigenvalue weighted by molar-refractivity contribution is 0.0953. The molecule has 1 heterocycles. The van der Waals surface area contributed by atoms with Crippen LogP contribution in [0.5, 0.6) is 0 Å². The van der Waals surface area contributed by atoms with Gasteiger partial charge >= 0.3 is 0 Å². The van der Waals surface area contributed by atoms with Gasteiger partial charge in [0.2, 0.25) is 0 Å². The fraction of sp³-hybridized carbons (Fsp3) is 0.316. The maximum atomic E-state index is 14.1. The molecule has 1 saturated heterocycles. The van der Waals surface area contributed by atoms with Crippen molar-refractivity contribution in [2.75, 3.05) is 26.2 Å². The van der Waals surface area contributed by atoms with Crippen LogP contribution >= 0.6 is 0 Å². The van der Waals surface area contributed by atoms with Crippen LogP contribution in [0.1, 0.15) is 21.5 Å². The van der Waals surface area contributed by atoms with Gasteiger partial charge in [-0.2, -0.15) is 0 Å². The molecule has 2 aromatic carbocycles. The van der Waals surface area contributed by atoms with Gasteiger partial charge in [-0.25, -0.2) is 10.2 Å². The number of benzene rings is 2. The second-order valence-corrected chi connectivity index (χ2v) is 6.32. The maximum absolute atomic E-state index is 14.1. The molecule has 5 nitrogen and oxygen atoms in total. The van der Waals surface area contributed by atoms with Crippen LogP contribution in [0.4, 0.5) is 4.39 Å². The Balaban J connectivity index is 1.56. The van der Waals surface area contributed by atoms with Crippen LogP contribution in [0.25, 0.3) is 0 Å². The van der Waals surface area contributed by atoms with Crippen molar-refractivity contribution in [3.05, 3.63) is 71.0 Å². The third-order valence-corrected chi connectivity index (χ3v) is 4.55. The summed E-state index contributed by atoms with van der Waals surface area (Å²) in [7, 11) is 0. The van der Waals surface area contributed by atoms with Crippen molar-refractivity contribution in [3.63, 3.8) is 0 Å². The minimum Gasteiger partial charge on any atom is -0.297 e. The normalized spacial score (nSPS) is 15.9. The molecule has 2 aromatic rings. The van der Waals surface area contributed by atoms with Gasteiger partial charge in [-0.15, -0.1) is 0 Å². The van der Waals surface area contributed by atoms with Gasteiger partial charge < -0.3 is 0 Å². The number of piperazine rings is 1. The van der Waals surface area contributed by atoms with Crippen LogP contribution in [0.3, 0.4) is 0 Å². The molecule has 0 aromatic heterocycles. The standard InChI is InChI=1S/C19H23FN4O/c20-18-7-6-16(19(25)22-21)12-17(18)14-24-10-8-23(9-11-24)13-15-4-2-1-3-5-15/h1-7,12H,8-11,13-14,21H2,(H,22,25). The Morgan fingerprint density at radius 1 is 1.00 bits per heavy atom. The van der Waals surface area contributed by atoms with Gasteiger partial charge in [-0.3, -0.25) is 20.0 Å². The number of amides is 1. The van der Waals surface area contributed by atoms with Gasteiger partial charge in [0, 0.05) is 50.4 Å². The highest BCUT2D eigenvalue weighted by molar-refractivity contribution is 5.93. The smallest absolute Gasteiger partial charge is 0.265 e. The summed E-state index contributed by atoms with van der Waals surface area (Å²) in [6.07, 6.45) is 0. The number of rotatable bonds is 5. The Bertz CT molecular complexity index is 715. The second-order valence-electron chi connectivity index (χ2n) is 6.32. The molecular formula is C19H23FN4O. The van der Waals surface area contributed by atoms with Crippen molar-refractivity contribution < 1.29 is 9.18 Å². The Morgan fingerprint density at radius 3 is 2.28 bits per heavy atom. The van der Waals surface area contributed by atoms with Crippen molar-refractivity contribution in [3.8, 4) is 0 Å². The van der Waals surface area contributed by atoms with E-state index in [0.717, 1.165) is 32.7 Å². The van der Waals surface area contributed by atoms with E-state index in [1.54, 1.807) is 6.07 Å². The van der Waals surface area contributed by atoms with E-state index in [0.29, 0.717) is 17.7 Å². The van der Waals surface area contributed by atoms with E-state index in [2.05, 4.69) is 39.5 Å². The lowest BCUT2D eigenvalue weighted by atomic mass is 10.1. The van der Waals surface area contributed by atoms with E-state index in [9.17, 15) is 9.18 Å². The lowest BCUT2D eigenvalue weighted by Crippen LogP contribution is -2.45. The topological polar surface area (TPSA) is 61.6 Å². The predicted octanol–water partition coefficient (Wildman–Crippen LogP) is 1.75. The predicted molar refractivity (Wildman–Crippen MR) is 95.0 cm³/mol.